The minimum absolute atomic E-state index is 0.119. The normalized spacial score (nSPS) is 17.1. The maximum Gasteiger partial charge on any atom is 0.243 e. The minimum atomic E-state index is -0.938. The van der Waals surface area contributed by atoms with E-state index in [0.29, 0.717) is 31.2 Å². The molecular formula is C27H32FN3O4. The van der Waals surface area contributed by atoms with Gasteiger partial charge in [-0.1, -0.05) is 42.5 Å². The molecule has 3 atom stereocenters. The molecule has 3 N–H and O–H groups in total. The maximum atomic E-state index is 13.3. The molecule has 0 radical (unpaired) electrons. The molecule has 0 unspecified atom stereocenters. The molecule has 2 aromatic carbocycles. The van der Waals surface area contributed by atoms with Crippen LogP contribution in [-0.2, 0) is 32.0 Å². The van der Waals surface area contributed by atoms with Crippen LogP contribution in [0.25, 0.3) is 0 Å². The van der Waals surface area contributed by atoms with Crippen molar-refractivity contribution in [2.24, 2.45) is 5.92 Å². The number of benzene rings is 2. The molecule has 0 spiro atoms. The Morgan fingerprint density at radius 1 is 1.06 bits per heavy atom. The lowest BCUT2D eigenvalue weighted by Crippen LogP contribution is -2.52. The lowest BCUT2D eigenvalue weighted by Gasteiger charge is -2.26. The van der Waals surface area contributed by atoms with Crippen LogP contribution in [0.1, 0.15) is 43.2 Å². The molecule has 1 aliphatic heterocycles. The first-order valence-corrected chi connectivity index (χ1v) is 12.1. The summed E-state index contributed by atoms with van der Waals surface area (Å²) < 4.78 is 13.3. The first-order valence-electron chi connectivity index (χ1n) is 12.1. The zero-order chi connectivity index (χ0) is 25.0. The molecule has 3 amide bonds. The third-order valence-corrected chi connectivity index (χ3v) is 6.15. The summed E-state index contributed by atoms with van der Waals surface area (Å²) in [6.45, 7) is 0.615. The number of amides is 3. The number of carbonyl (C=O) groups excluding carboxylic acids is 4. The average molecular weight is 482 g/mol. The van der Waals surface area contributed by atoms with E-state index < -0.39 is 23.8 Å². The fourth-order valence-electron chi connectivity index (χ4n) is 4.23. The van der Waals surface area contributed by atoms with Crippen LogP contribution >= 0.6 is 0 Å². The second kappa shape index (κ2) is 13.4. The van der Waals surface area contributed by atoms with Crippen molar-refractivity contribution in [2.75, 3.05) is 6.54 Å². The fraction of sp³-hybridized carbons (Fsp3) is 0.407. The standard InChI is InChI=1S/C27H32FN3O4/c28-22-13-11-20(12-14-22)16-24(31-25(33)10-4-8-19-6-2-1-3-7-19)27(35)30-23(18-32)17-21-9-5-15-29-26(21)34/h1-3,6-7,11-14,18,21,23-24H,4-5,8-10,15-17H2,(H,29,34)(H,30,35)(H,31,33)/t21-,23+,24+/m0/s1. The Labute approximate surface area is 204 Å². The van der Waals surface area contributed by atoms with Crippen molar-refractivity contribution in [2.45, 2.75) is 57.0 Å². The lowest BCUT2D eigenvalue weighted by atomic mass is 9.92. The van der Waals surface area contributed by atoms with Crippen LogP contribution in [0.4, 0.5) is 4.39 Å². The van der Waals surface area contributed by atoms with Crippen LogP contribution in [0.3, 0.4) is 0 Å². The molecule has 8 heteroatoms. The van der Waals surface area contributed by atoms with Crippen molar-refractivity contribution in [1.82, 2.24) is 16.0 Å². The summed E-state index contributed by atoms with van der Waals surface area (Å²) in [4.78, 5) is 49.4. The summed E-state index contributed by atoms with van der Waals surface area (Å²) in [5.41, 5.74) is 1.80. The van der Waals surface area contributed by atoms with Gasteiger partial charge in [-0.3, -0.25) is 14.4 Å². The number of hydrogen-bond acceptors (Lipinski definition) is 4. The third-order valence-electron chi connectivity index (χ3n) is 6.15. The van der Waals surface area contributed by atoms with Gasteiger partial charge in [0.1, 0.15) is 18.1 Å². The van der Waals surface area contributed by atoms with Gasteiger partial charge in [-0.2, -0.15) is 0 Å². The highest BCUT2D eigenvalue weighted by Gasteiger charge is 2.28. The molecule has 7 nitrogen and oxygen atoms in total. The SMILES string of the molecule is O=C[C@@H](C[C@@H]1CCCNC1=O)NC(=O)[C@@H](Cc1ccc(F)cc1)NC(=O)CCCc1ccccc1. The molecule has 35 heavy (non-hydrogen) atoms. The summed E-state index contributed by atoms with van der Waals surface area (Å²) >= 11 is 0. The fourth-order valence-corrected chi connectivity index (χ4v) is 4.23. The van der Waals surface area contributed by atoms with Crippen molar-refractivity contribution in [1.29, 1.82) is 0 Å². The molecule has 0 aliphatic carbocycles. The number of hydrogen-bond donors (Lipinski definition) is 3. The number of carbonyl (C=O) groups is 4. The lowest BCUT2D eigenvalue weighted by molar-refractivity contribution is -0.131. The van der Waals surface area contributed by atoms with Gasteiger partial charge in [0, 0.05) is 25.3 Å². The highest BCUT2D eigenvalue weighted by molar-refractivity contribution is 5.89. The third kappa shape index (κ3) is 8.63. The quantitative estimate of drug-likeness (QED) is 0.405. The summed E-state index contributed by atoms with van der Waals surface area (Å²) in [5, 5.41) is 8.22. The van der Waals surface area contributed by atoms with Gasteiger partial charge in [0.25, 0.3) is 0 Å². The van der Waals surface area contributed by atoms with E-state index in [1.165, 1.54) is 12.1 Å². The van der Waals surface area contributed by atoms with E-state index in [-0.39, 0.29) is 37.0 Å². The number of nitrogens with one attached hydrogen (secondary N) is 3. The molecule has 0 bridgehead atoms. The Balaban J connectivity index is 1.61. The van der Waals surface area contributed by atoms with Crippen LogP contribution in [0.15, 0.2) is 54.6 Å². The molecule has 186 valence electrons. The highest BCUT2D eigenvalue weighted by Crippen LogP contribution is 2.17. The van der Waals surface area contributed by atoms with Gasteiger partial charge in [0.2, 0.25) is 17.7 Å². The molecule has 0 aromatic heterocycles. The Kier molecular flexibility index (Phi) is 9.95. The zero-order valence-corrected chi connectivity index (χ0v) is 19.7. The molecule has 1 fully saturated rings. The topological polar surface area (TPSA) is 104 Å². The van der Waals surface area contributed by atoms with Crippen LogP contribution in [0.5, 0.6) is 0 Å². The summed E-state index contributed by atoms with van der Waals surface area (Å²) in [6.07, 6.45) is 4.04. The molecule has 3 rings (SSSR count). The van der Waals surface area contributed by atoms with E-state index in [9.17, 15) is 23.6 Å². The van der Waals surface area contributed by atoms with Gasteiger partial charge >= 0.3 is 0 Å². The van der Waals surface area contributed by atoms with E-state index in [0.717, 1.165) is 18.4 Å². The van der Waals surface area contributed by atoms with E-state index in [2.05, 4.69) is 16.0 Å². The average Bonchev–Trinajstić information content (AvgIpc) is 2.86. The molecular weight excluding hydrogens is 449 g/mol. The number of aldehydes is 1. The molecule has 2 aromatic rings. The van der Waals surface area contributed by atoms with Crippen molar-refractivity contribution >= 4 is 24.0 Å². The van der Waals surface area contributed by atoms with Crippen LogP contribution in [-0.4, -0.2) is 42.6 Å². The van der Waals surface area contributed by atoms with Crippen molar-refractivity contribution in [3.63, 3.8) is 0 Å². The second-order valence-electron chi connectivity index (χ2n) is 8.91. The van der Waals surface area contributed by atoms with Crippen LogP contribution < -0.4 is 16.0 Å². The number of halogens is 1. The molecule has 1 saturated heterocycles. The van der Waals surface area contributed by atoms with E-state index >= 15 is 0 Å². The van der Waals surface area contributed by atoms with Crippen LogP contribution in [0, 0.1) is 11.7 Å². The predicted octanol–water partition coefficient (Wildman–Crippen LogP) is 2.48. The maximum absolute atomic E-state index is 13.3. The van der Waals surface area contributed by atoms with Crippen LogP contribution in [0.2, 0.25) is 0 Å². The predicted molar refractivity (Wildman–Crippen MR) is 130 cm³/mol. The van der Waals surface area contributed by atoms with Crippen molar-refractivity contribution < 1.29 is 23.6 Å². The largest absolute Gasteiger partial charge is 0.356 e. The number of aryl methyl sites for hydroxylation is 1. The van der Waals surface area contributed by atoms with E-state index in [4.69, 9.17) is 0 Å². The highest BCUT2D eigenvalue weighted by atomic mass is 19.1. The Bertz CT molecular complexity index is 997. The Morgan fingerprint density at radius 2 is 1.80 bits per heavy atom. The zero-order valence-electron chi connectivity index (χ0n) is 19.7. The Hall–Kier alpha value is -3.55. The summed E-state index contributed by atoms with van der Waals surface area (Å²) in [5.74, 6) is -1.66. The number of rotatable bonds is 12. The van der Waals surface area contributed by atoms with E-state index in [1.54, 1.807) is 12.1 Å². The monoisotopic (exact) mass is 481 g/mol. The first-order chi connectivity index (χ1) is 16.9. The number of piperidine rings is 1. The van der Waals surface area contributed by atoms with Gasteiger partial charge in [-0.25, -0.2) is 4.39 Å². The smallest absolute Gasteiger partial charge is 0.243 e. The molecule has 1 aliphatic rings. The van der Waals surface area contributed by atoms with Gasteiger partial charge in [0.05, 0.1) is 6.04 Å². The van der Waals surface area contributed by atoms with Gasteiger partial charge in [-0.05, 0) is 55.4 Å². The van der Waals surface area contributed by atoms with E-state index in [1.807, 2.05) is 30.3 Å². The van der Waals surface area contributed by atoms with Gasteiger partial charge in [0.15, 0.2) is 0 Å². The summed E-state index contributed by atoms with van der Waals surface area (Å²) in [7, 11) is 0. The minimum Gasteiger partial charge on any atom is -0.356 e. The Morgan fingerprint density at radius 3 is 2.49 bits per heavy atom. The second-order valence-corrected chi connectivity index (χ2v) is 8.91. The van der Waals surface area contributed by atoms with Gasteiger partial charge in [-0.15, -0.1) is 0 Å². The van der Waals surface area contributed by atoms with Gasteiger partial charge < -0.3 is 20.7 Å². The summed E-state index contributed by atoms with van der Waals surface area (Å²) in [6, 6.07) is 13.7. The first kappa shape index (κ1) is 26.1. The van der Waals surface area contributed by atoms with Crippen molar-refractivity contribution in [3.8, 4) is 0 Å². The molecule has 0 saturated carbocycles. The van der Waals surface area contributed by atoms with Crippen molar-refractivity contribution in [3.05, 3.63) is 71.5 Å². The molecule has 1 heterocycles.